The Kier molecular flexibility index (Phi) is 5.26. The van der Waals surface area contributed by atoms with Gasteiger partial charge >= 0.3 is 6.18 Å². The molecule has 0 fully saturated rings. The molecule has 0 saturated carbocycles. The van der Waals surface area contributed by atoms with Crippen molar-refractivity contribution in [3.05, 3.63) is 46.8 Å². The number of amides is 1. The molecule has 3 rings (SSSR count). The van der Waals surface area contributed by atoms with Crippen LogP contribution >= 0.6 is 11.3 Å². The molecule has 0 aliphatic carbocycles. The van der Waals surface area contributed by atoms with E-state index >= 15 is 0 Å². The van der Waals surface area contributed by atoms with Crippen molar-refractivity contribution in [3.63, 3.8) is 0 Å². The van der Waals surface area contributed by atoms with Crippen LogP contribution in [0.15, 0.2) is 34.9 Å². The standard InChI is InChI=1S/C17H15F3N4O2S/c1-9(2)7-13-23-24-16(27-13)22-14(25)12-8-26-15(21-12)10-3-5-11(6-4-10)17(18,19)20/h3-6,8-9H,7H2,1-2H3,(H,22,24,25). The van der Waals surface area contributed by atoms with Crippen LogP contribution in [0.2, 0.25) is 0 Å². The quantitative estimate of drug-likeness (QED) is 0.678. The van der Waals surface area contributed by atoms with Crippen molar-refractivity contribution >= 4 is 22.4 Å². The molecule has 0 bridgehead atoms. The molecular weight excluding hydrogens is 381 g/mol. The Balaban J connectivity index is 1.69. The first-order valence-electron chi connectivity index (χ1n) is 7.99. The third kappa shape index (κ3) is 4.70. The van der Waals surface area contributed by atoms with Gasteiger partial charge in [-0.15, -0.1) is 10.2 Å². The molecule has 0 spiro atoms. The summed E-state index contributed by atoms with van der Waals surface area (Å²) in [7, 11) is 0. The average molecular weight is 396 g/mol. The van der Waals surface area contributed by atoms with Crippen molar-refractivity contribution in [2.75, 3.05) is 5.32 Å². The van der Waals surface area contributed by atoms with Gasteiger partial charge in [0.25, 0.3) is 5.91 Å². The highest BCUT2D eigenvalue weighted by Crippen LogP contribution is 2.30. The molecule has 0 atom stereocenters. The summed E-state index contributed by atoms with van der Waals surface area (Å²) in [5.74, 6) is -0.0703. The average Bonchev–Trinajstić information content (AvgIpc) is 3.23. The number of carbonyl (C=O) groups is 1. The number of hydrogen-bond acceptors (Lipinski definition) is 6. The second-order valence-electron chi connectivity index (χ2n) is 6.17. The third-order valence-electron chi connectivity index (χ3n) is 3.47. The molecule has 0 aliphatic rings. The summed E-state index contributed by atoms with van der Waals surface area (Å²) in [6, 6.07) is 4.33. The second kappa shape index (κ2) is 7.47. The van der Waals surface area contributed by atoms with Crippen LogP contribution in [-0.2, 0) is 12.6 Å². The minimum atomic E-state index is -4.42. The number of anilines is 1. The minimum Gasteiger partial charge on any atom is -0.444 e. The van der Waals surface area contributed by atoms with Gasteiger partial charge in [-0.2, -0.15) is 13.2 Å². The van der Waals surface area contributed by atoms with Crippen LogP contribution in [0.1, 0.15) is 34.9 Å². The van der Waals surface area contributed by atoms with Crippen LogP contribution in [0, 0.1) is 5.92 Å². The van der Waals surface area contributed by atoms with Gasteiger partial charge in [0, 0.05) is 12.0 Å². The maximum absolute atomic E-state index is 12.6. The van der Waals surface area contributed by atoms with Crippen LogP contribution < -0.4 is 5.32 Å². The fourth-order valence-corrected chi connectivity index (χ4v) is 3.16. The topological polar surface area (TPSA) is 80.9 Å². The fraction of sp³-hybridized carbons (Fsp3) is 0.294. The Morgan fingerprint density at radius 3 is 2.56 bits per heavy atom. The molecule has 1 aromatic carbocycles. The van der Waals surface area contributed by atoms with Gasteiger partial charge in [0.15, 0.2) is 5.69 Å². The maximum Gasteiger partial charge on any atom is 0.416 e. The molecule has 6 nitrogen and oxygen atoms in total. The fourth-order valence-electron chi connectivity index (χ4n) is 2.21. The number of carbonyl (C=O) groups excluding carboxylic acids is 1. The molecule has 1 N–H and O–H groups in total. The van der Waals surface area contributed by atoms with Crippen molar-refractivity contribution in [1.82, 2.24) is 15.2 Å². The highest BCUT2D eigenvalue weighted by Gasteiger charge is 2.30. The van der Waals surface area contributed by atoms with E-state index in [-0.39, 0.29) is 11.6 Å². The van der Waals surface area contributed by atoms with E-state index in [4.69, 9.17) is 4.42 Å². The van der Waals surface area contributed by atoms with Crippen molar-refractivity contribution in [3.8, 4) is 11.5 Å². The lowest BCUT2D eigenvalue weighted by Gasteiger charge is -2.05. The number of nitrogens with one attached hydrogen (secondary N) is 1. The number of rotatable bonds is 5. The van der Waals surface area contributed by atoms with Gasteiger partial charge in [-0.1, -0.05) is 25.2 Å². The monoisotopic (exact) mass is 396 g/mol. The zero-order chi connectivity index (χ0) is 19.6. The highest BCUT2D eigenvalue weighted by atomic mass is 32.1. The van der Waals surface area contributed by atoms with Gasteiger partial charge in [-0.05, 0) is 30.2 Å². The summed E-state index contributed by atoms with van der Waals surface area (Å²) in [5.41, 5.74) is -0.452. The first-order chi connectivity index (χ1) is 12.7. The van der Waals surface area contributed by atoms with Gasteiger partial charge in [-0.25, -0.2) is 4.98 Å². The summed E-state index contributed by atoms with van der Waals surface area (Å²) in [4.78, 5) is 16.3. The molecule has 0 radical (unpaired) electrons. The lowest BCUT2D eigenvalue weighted by Crippen LogP contribution is -2.12. The molecule has 27 heavy (non-hydrogen) atoms. The normalized spacial score (nSPS) is 11.8. The van der Waals surface area contributed by atoms with Crippen molar-refractivity contribution in [1.29, 1.82) is 0 Å². The summed E-state index contributed by atoms with van der Waals surface area (Å²) >= 11 is 1.27. The van der Waals surface area contributed by atoms with Crippen molar-refractivity contribution < 1.29 is 22.4 Å². The van der Waals surface area contributed by atoms with E-state index in [2.05, 4.69) is 34.3 Å². The first kappa shape index (κ1) is 19.0. The van der Waals surface area contributed by atoms with Gasteiger partial charge in [0.1, 0.15) is 11.3 Å². The molecule has 2 heterocycles. The van der Waals surface area contributed by atoms with E-state index in [1.807, 2.05) is 0 Å². The van der Waals surface area contributed by atoms with E-state index in [0.29, 0.717) is 16.6 Å². The summed E-state index contributed by atoms with van der Waals surface area (Å²) < 4.78 is 43.0. The van der Waals surface area contributed by atoms with Crippen LogP contribution in [0.25, 0.3) is 11.5 Å². The van der Waals surface area contributed by atoms with E-state index < -0.39 is 17.6 Å². The molecule has 2 aromatic heterocycles. The van der Waals surface area contributed by atoms with Crippen LogP contribution in [0.3, 0.4) is 0 Å². The molecule has 0 unspecified atom stereocenters. The Bertz CT molecular complexity index is 932. The second-order valence-corrected chi connectivity index (χ2v) is 7.23. The number of nitrogens with zero attached hydrogens (tertiary/aromatic N) is 3. The predicted molar refractivity (Wildman–Crippen MR) is 93.3 cm³/mol. The number of halogens is 3. The zero-order valence-electron chi connectivity index (χ0n) is 14.4. The van der Waals surface area contributed by atoms with E-state index in [0.717, 1.165) is 29.8 Å². The lowest BCUT2D eigenvalue weighted by atomic mass is 10.1. The van der Waals surface area contributed by atoms with Crippen LogP contribution in [-0.4, -0.2) is 21.1 Å². The molecule has 3 aromatic rings. The molecule has 0 saturated heterocycles. The first-order valence-corrected chi connectivity index (χ1v) is 8.81. The molecule has 142 valence electrons. The van der Waals surface area contributed by atoms with Gasteiger partial charge in [0.2, 0.25) is 11.0 Å². The van der Waals surface area contributed by atoms with E-state index in [1.54, 1.807) is 0 Å². The minimum absolute atomic E-state index is 0.00879. The summed E-state index contributed by atoms with van der Waals surface area (Å²) in [6.45, 7) is 4.11. The molecule has 0 aliphatic heterocycles. The summed E-state index contributed by atoms with van der Waals surface area (Å²) in [6.07, 6.45) is -2.52. The van der Waals surface area contributed by atoms with E-state index in [1.165, 1.54) is 23.5 Å². The van der Waals surface area contributed by atoms with Crippen LogP contribution in [0.5, 0.6) is 0 Å². The third-order valence-corrected chi connectivity index (χ3v) is 4.33. The number of benzene rings is 1. The predicted octanol–water partition coefficient (Wildman–Crippen LogP) is 4.66. The Morgan fingerprint density at radius 1 is 1.22 bits per heavy atom. The molecule has 10 heteroatoms. The Hall–Kier alpha value is -2.75. The Labute approximate surface area is 156 Å². The largest absolute Gasteiger partial charge is 0.444 e. The van der Waals surface area contributed by atoms with Gasteiger partial charge in [0.05, 0.1) is 5.56 Å². The van der Waals surface area contributed by atoms with Gasteiger partial charge in [-0.3, -0.25) is 10.1 Å². The number of alkyl halides is 3. The lowest BCUT2D eigenvalue weighted by molar-refractivity contribution is -0.137. The van der Waals surface area contributed by atoms with Crippen LogP contribution in [0.4, 0.5) is 18.3 Å². The molecular formula is C17H15F3N4O2S. The number of aromatic nitrogens is 3. The number of oxazole rings is 1. The number of hydrogen-bond donors (Lipinski definition) is 1. The van der Waals surface area contributed by atoms with Crippen molar-refractivity contribution in [2.45, 2.75) is 26.4 Å². The smallest absolute Gasteiger partial charge is 0.416 e. The Morgan fingerprint density at radius 2 is 1.93 bits per heavy atom. The summed E-state index contributed by atoms with van der Waals surface area (Å²) in [5, 5.41) is 11.6. The van der Waals surface area contributed by atoms with Crippen molar-refractivity contribution in [2.24, 2.45) is 5.92 Å². The maximum atomic E-state index is 12.6. The van der Waals surface area contributed by atoms with Gasteiger partial charge < -0.3 is 4.42 Å². The zero-order valence-corrected chi connectivity index (χ0v) is 15.2. The molecule has 1 amide bonds. The van der Waals surface area contributed by atoms with E-state index in [9.17, 15) is 18.0 Å². The SMILES string of the molecule is CC(C)Cc1nnc(NC(=O)c2coc(-c3ccc(C(F)(F)F)cc3)n2)s1. The highest BCUT2D eigenvalue weighted by molar-refractivity contribution is 7.15.